The Morgan fingerprint density at radius 3 is 2.25 bits per heavy atom. The molecule has 6 aliphatic rings. The van der Waals surface area contributed by atoms with Crippen molar-refractivity contribution < 1.29 is 60.7 Å². The summed E-state index contributed by atoms with van der Waals surface area (Å²) in [4.78, 5) is 26.7. The van der Waals surface area contributed by atoms with E-state index in [-0.39, 0.29) is 63.2 Å². The number of hydrogen-bond donors (Lipinski definition) is 12. The summed E-state index contributed by atoms with van der Waals surface area (Å²) < 4.78 is 0. The van der Waals surface area contributed by atoms with Gasteiger partial charge in [0.2, 0.25) is 0 Å². The molecule has 6 bridgehead atoms. The molecule has 3 aromatic carbocycles. The first-order valence-corrected chi connectivity index (χ1v) is 31.3. The van der Waals surface area contributed by atoms with Crippen molar-refractivity contribution in [3.63, 3.8) is 0 Å². The van der Waals surface area contributed by atoms with E-state index in [1.54, 1.807) is 18.2 Å². The van der Waals surface area contributed by atoms with Crippen LogP contribution in [-0.2, 0) is 40.7 Å². The molecule has 0 unspecified atom stereocenters. The molecule has 4 heterocycles. The number of aliphatic hydroxyl groups excluding tert-OH is 6. The maximum atomic E-state index is 14.8. The molecule has 3 aromatic rings. The zero-order chi connectivity index (χ0) is 59.5. The third-order valence-electron chi connectivity index (χ3n) is 20.5. The van der Waals surface area contributed by atoms with Gasteiger partial charge in [0.1, 0.15) is 5.75 Å². The molecule has 14 nitrogen and oxygen atoms in total. The maximum absolute atomic E-state index is 14.8. The minimum atomic E-state index is -1.74. The average Bonchev–Trinajstić information content (AvgIpc) is 2.03. The number of aliphatic hydroxyl groups is 7. The number of phenols is 1. The van der Waals surface area contributed by atoms with Crippen molar-refractivity contribution in [3.05, 3.63) is 123 Å². The molecule has 2 aliphatic carbocycles. The third-order valence-corrected chi connectivity index (χ3v) is 20.5. The van der Waals surface area contributed by atoms with Crippen LogP contribution in [0.15, 0.2) is 90.0 Å². The van der Waals surface area contributed by atoms with Gasteiger partial charge >= 0.3 is 11.9 Å². The van der Waals surface area contributed by atoms with E-state index < -0.39 is 95.0 Å². The van der Waals surface area contributed by atoms with Crippen LogP contribution < -0.4 is 10.6 Å². The van der Waals surface area contributed by atoms with E-state index in [0.717, 1.165) is 78.3 Å². The Morgan fingerprint density at radius 1 is 0.855 bits per heavy atom. The fraction of sp³-hybridized carbons (Fsp3) is 0.623. The van der Waals surface area contributed by atoms with Crippen molar-refractivity contribution in [1.82, 2.24) is 10.6 Å². The quantitative estimate of drug-likeness (QED) is 0.0565. The highest BCUT2D eigenvalue weighted by Gasteiger charge is 2.61. The van der Waals surface area contributed by atoms with E-state index in [9.17, 15) is 60.7 Å². The minimum absolute atomic E-state index is 0.0511. The van der Waals surface area contributed by atoms with Gasteiger partial charge in [-0.2, -0.15) is 0 Å². The fourth-order valence-corrected chi connectivity index (χ4v) is 15.5. The van der Waals surface area contributed by atoms with Crippen LogP contribution in [-0.4, -0.2) is 129 Å². The summed E-state index contributed by atoms with van der Waals surface area (Å²) in [6.07, 6.45) is 8.85. The van der Waals surface area contributed by atoms with E-state index in [1.165, 1.54) is 0 Å². The predicted octanol–water partition coefficient (Wildman–Crippen LogP) is 8.66. The standard InChI is InChI=1S/C69H96N2O12/c1-4-5-18-59(75)60(76)31-24-49-23-22-48-16-9-8-15-47(48)17-14-37-69(66(3,83)68(35-12-7-13-36-68)52-25-27-53(73)28-26-52)42-46-20-21-50(51(38-46)43-67(65(81)82)33-10-6-11-34-67)39-62(78)55-29-19-45(2)70-64(57(55)41-63(79)80)61(77)32-30-58(71-69)56(49)40-54(74)44-72/h8-9,15-16,20-21,24-28,31,38,45,54-55,57-62,64,70-78,83H,4-7,10-13,18-19,22-23,29-30,32-37,39-44H2,1-3H3,(H,79,80)(H,81,82)/b31-24+,56-49+/t45-,54+,55-,57-,58-,59+,60-,61-,62-,64-,66+,69-/m1/s1. The molecule has 12 atom stereocenters. The van der Waals surface area contributed by atoms with E-state index >= 15 is 0 Å². The number of unbranched alkanes of at least 4 members (excludes halogenated alkanes) is 1. The summed E-state index contributed by atoms with van der Waals surface area (Å²) in [6.45, 7) is 5.32. The Balaban J connectivity index is 1.47. The topological polar surface area (TPSA) is 260 Å². The van der Waals surface area contributed by atoms with Crippen molar-refractivity contribution in [2.75, 3.05) is 6.61 Å². The second kappa shape index (κ2) is 28.5. The Labute approximate surface area is 492 Å². The molecule has 12 N–H and O–H groups in total. The number of hydrogen-bond acceptors (Lipinski definition) is 12. The van der Waals surface area contributed by atoms with Crippen molar-refractivity contribution in [3.8, 4) is 17.6 Å². The summed E-state index contributed by atoms with van der Waals surface area (Å²) in [5.41, 5.74) is 0.957. The summed E-state index contributed by atoms with van der Waals surface area (Å²) >= 11 is 0. The highest BCUT2D eigenvalue weighted by molar-refractivity contribution is 5.75. The van der Waals surface area contributed by atoms with Crippen LogP contribution in [0.2, 0.25) is 0 Å². The van der Waals surface area contributed by atoms with Crippen molar-refractivity contribution in [2.45, 2.75) is 246 Å². The number of carboxylic acid groups (broad SMARTS) is 2. The van der Waals surface area contributed by atoms with Crippen LogP contribution in [0.25, 0.3) is 0 Å². The van der Waals surface area contributed by atoms with Crippen molar-refractivity contribution in [2.24, 2.45) is 17.3 Å². The van der Waals surface area contributed by atoms with Crippen molar-refractivity contribution >= 4 is 11.9 Å². The molecule has 0 aromatic heterocycles. The van der Waals surface area contributed by atoms with Gasteiger partial charge < -0.3 is 61.7 Å². The number of benzene rings is 3. The number of aryl methyl sites for hydroxylation is 1. The normalized spacial score (nSPS) is 29.7. The Hall–Kier alpha value is -4.92. The molecule has 83 heavy (non-hydrogen) atoms. The highest BCUT2D eigenvalue weighted by Crippen LogP contribution is 2.54. The molecule has 0 spiro atoms. The Bertz CT molecular complexity index is 2770. The lowest BCUT2D eigenvalue weighted by atomic mass is 9.52. The monoisotopic (exact) mass is 1140 g/mol. The Kier molecular flexibility index (Phi) is 22.0. The number of carbonyl (C=O) groups is 2. The zero-order valence-electron chi connectivity index (χ0n) is 49.5. The number of fused-ring (bicyclic) bond motifs is 6. The van der Waals surface area contributed by atoms with Gasteiger partial charge in [-0.3, -0.25) is 9.59 Å². The van der Waals surface area contributed by atoms with Gasteiger partial charge in [0.25, 0.3) is 0 Å². The first kappa shape index (κ1) is 64.1. The largest absolute Gasteiger partial charge is 0.508 e. The van der Waals surface area contributed by atoms with E-state index in [4.69, 9.17) is 0 Å². The number of allylic oxidation sites excluding steroid dienone is 2. The minimum Gasteiger partial charge on any atom is -0.508 e. The van der Waals surface area contributed by atoms with Crippen LogP contribution in [0.1, 0.15) is 189 Å². The molecule has 9 rings (SSSR count). The van der Waals surface area contributed by atoms with Crippen LogP contribution in [0.4, 0.5) is 0 Å². The van der Waals surface area contributed by atoms with Gasteiger partial charge in [-0.25, -0.2) is 0 Å². The number of phenolic OH excluding ortho intramolecular Hbond substituents is 1. The SMILES string of the molecule is CCCC[C@H](O)[C@H](O)/C=C/C1=C(\C[C@H](O)CO)[C@H]2CC[C@@H](O)[C@@H]3N[C@H](C)CC[C@H]([C@H]3CC(=O)O)[C@H](O)Cc3ccc(cc3CC3(C(=O)O)CCCCC3)C[C@@]([C@@](C)(O)C3(c4ccc(O)cc4)CCCCC3)(CC#Cc3ccccc3CC1)N2. The van der Waals surface area contributed by atoms with Crippen LogP contribution in [0.5, 0.6) is 5.75 Å². The molecule has 0 amide bonds. The first-order chi connectivity index (χ1) is 39.7. The van der Waals surface area contributed by atoms with Gasteiger partial charge in [-0.05, 0) is 179 Å². The fourth-order valence-electron chi connectivity index (χ4n) is 15.5. The zero-order valence-corrected chi connectivity index (χ0v) is 49.5. The van der Waals surface area contributed by atoms with Gasteiger partial charge in [-0.15, -0.1) is 0 Å². The average molecular weight is 1150 g/mol. The molecule has 454 valence electrons. The Morgan fingerprint density at radius 2 is 1.57 bits per heavy atom. The first-order valence-electron chi connectivity index (χ1n) is 31.3. The maximum Gasteiger partial charge on any atom is 0.309 e. The number of rotatable bonds is 17. The smallest absolute Gasteiger partial charge is 0.309 e. The molecule has 2 saturated carbocycles. The molecular formula is C69H96N2O12. The number of aliphatic carboxylic acids is 2. The lowest BCUT2D eigenvalue weighted by Gasteiger charge is -2.59. The number of aromatic hydroxyl groups is 1. The van der Waals surface area contributed by atoms with Crippen LogP contribution in [0.3, 0.4) is 0 Å². The lowest BCUT2D eigenvalue weighted by molar-refractivity contribution is -0.151. The molecular weight excluding hydrogens is 1050 g/mol. The molecule has 14 heteroatoms. The van der Waals surface area contributed by atoms with Crippen LogP contribution >= 0.6 is 0 Å². The second-order valence-corrected chi connectivity index (χ2v) is 25.9. The predicted molar refractivity (Wildman–Crippen MR) is 322 cm³/mol. The molecule has 4 aliphatic heterocycles. The number of carboxylic acids is 2. The lowest BCUT2D eigenvalue weighted by Crippen LogP contribution is -2.73. The van der Waals surface area contributed by atoms with Gasteiger partial charge in [0.15, 0.2) is 0 Å². The molecule has 3 fully saturated rings. The van der Waals surface area contributed by atoms with Gasteiger partial charge in [0, 0.05) is 35.5 Å². The molecule has 1 saturated heterocycles. The van der Waals surface area contributed by atoms with Gasteiger partial charge in [-0.1, -0.05) is 131 Å². The third kappa shape index (κ3) is 14.8. The highest BCUT2D eigenvalue weighted by atomic mass is 16.4. The van der Waals surface area contributed by atoms with Crippen molar-refractivity contribution in [1.29, 1.82) is 0 Å². The van der Waals surface area contributed by atoms with E-state index in [1.807, 2.05) is 75.4 Å². The summed E-state index contributed by atoms with van der Waals surface area (Å²) in [5, 5.41) is 126. The van der Waals surface area contributed by atoms with E-state index in [0.29, 0.717) is 75.4 Å². The summed E-state index contributed by atoms with van der Waals surface area (Å²) in [7, 11) is 0. The van der Waals surface area contributed by atoms with Gasteiger partial charge in [0.05, 0.1) is 60.1 Å². The number of nitrogens with one attached hydrogen (secondary N) is 2. The summed E-state index contributed by atoms with van der Waals surface area (Å²) in [5.74, 6) is 4.03. The van der Waals surface area contributed by atoms with Crippen LogP contribution in [0, 0.1) is 29.1 Å². The summed E-state index contributed by atoms with van der Waals surface area (Å²) in [6, 6.07) is 19.3. The second-order valence-electron chi connectivity index (χ2n) is 25.9. The molecule has 0 radical (unpaired) electrons. The van der Waals surface area contributed by atoms with E-state index in [2.05, 4.69) is 28.5 Å².